The Morgan fingerprint density at radius 1 is 1.13 bits per heavy atom. The molecular weight excluding hydrogens is 426 g/mol. The highest BCUT2D eigenvalue weighted by Gasteiger charge is 2.31. The van der Waals surface area contributed by atoms with E-state index >= 15 is 0 Å². The van der Waals surface area contributed by atoms with Crippen LogP contribution in [0.3, 0.4) is 0 Å². The van der Waals surface area contributed by atoms with Crippen LogP contribution >= 0.6 is 22.9 Å². The summed E-state index contributed by atoms with van der Waals surface area (Å²) in [5.41, 5.74) is 4.69. The monoisotopic (exact) mass is 451 g/mol. The molecule has 0 radical (unpaired) electrons. The van der Waals surface area contributed by atoms with Gasteiger partial charge in [0, 0.05) is 34.0 Å². The van der Waals surface area contributed by atoms with E-state index in [4.69, 9.17) is 16.6 Å². The Morgan fingerprint density at radius 3 is 2.87 bits per heavy atom. The van der Waals surface area contributed by atoms with E-state index in [0.717, 1.165) is 53.9 Å². The van der Waals surface area contributed by atoms with Gasteiger partial charge in [-0.15, -0.1) is 21.5 Å². The molecule has 31 heavy (non-hydrogen) atoms. The maximum absolute atomic E-state index is 6.65. The molecule has 1 saturated carbocycles. The lowest BCUT2D eigenvalue weighted by Crippen LogP contribution is -2.23. The van der Waals surface area contributed by atoms with E-state index in [1.54, 1.807) is 0 Å². The number of benzene rings is 1. The molecule has 3 aromatic rings. The van der Waals surface area contributed by atoms with Gasteiger partial charge in [-0.2, -0.15) is 0 Å². The van der Waals surface area contributed by atoms with Gasteiger partial charge in [-0.3, -0.25) is 9.56 Å². The summed E-state index contributed by atoms with van der Waals surface area (Å²) in [6, 6.07) is 8.07. The van der Waals surface area contributed by atoms with Crippen LogP contribution in [-0.2, 0) is 25.9 Å². The maximum Gasteiger partial charge on any atom is 0.160 e. The number of thiophene rings is 1. The quantitative estimate of drug-likeness (QED) is 0.602. The molecule has 0 amide bonds. The molecule has 3 aliphatic rings. The third-order valence-electron chi connectivity index (χ3n) is 6.85. The average Bonchev–Trinajstić information content (AvgIpc) is 3.32. The van der Waals surface area contributed by atoms with Gasteiger partial charge < -0.3 is 5.32 Å². The van der Waals surface area contributed by atoms with Gasteiger partial charge in [0.15, 0.2) is 5.82 Å². The molecule has 6 rings (SSSR count). The third kappa shape index (κ3) is 3.45. The molecule has 1 N–H and O–H groups in total. The first-order valence-corrected chi connectivity index (χ1v) is 12.6. The minimum Gasteiger partial charge on any atom is -0.312 e. The topological polar surface area (TPSA) is 55.1 Å². The van der Waals surface area contributed by atoms with Gasteiger partial charge in [0.05, 0.1) is 5.71 Å². The lowest BCUT2D eigenvalue weighted by molar-refractivity contribution is 0.350. The molecule has 0 bridgehead atoms. The van der Waals surface area contributed by atoms with Crippen molar-refractivity contribution < 1.29 is 0 Å². The number of aliphatic imine (C=N–C) groups is 1. The Kier molecular flexibility index (Phi) is 5.17. The molecule has 5 nitrogen and oxygen atoms in total. The number of nitrogens with zero attached hydrogens (tertiary/aromatic N) is 4. The van der Waals surface area contributed by atoms with Gasteiger partial charge >= 0.3 is 0 Å². The number of hydrogen-bond acceptors (Lipinski definition) is 5. The van der Waals surface area contributed by atoms with Crippen LogP contribution < -0.4 is 5.32 Å². The Balaban J connectivity index is 1.51. The molecule has 7 heteroatoms. The van der Waals surface area contributed by atoms with Gasteiger partial charge in [-0.25, -0.2) is 0 Å². The number of fused-ring (bicyclic) bond motifs is 5. The van der Waals surface area contributed by atoms with Crippen LogP contribution in [-0.4, -0.2) is 27.0 Å². The second kappa shape index (κ2) is 8.15. The summed E-state index contributed by atoms with van der Waals surface area (Å²) in [6.07, 6.45) is 8.70. The number of halogens is 1. The zero-order chi connectivity index (χ0) is 20.8. The maximum atomic E-state index is 6.65. The average molecular weight is 452 g/mol. The summed E-state index contributed by atoms with van der Waals surface area (Å²) in [6.45, 7) is 2.45. The predicted molar refractivity (Wildman–Crippen MR) is 126 cm³/mol. The van der Waals surface area contributed by atoms with Gasteiger partial charge in [0.1, 0.15) is 17.4 Å². The highest BCUT2D eigenvalue weighted by Crippen LogP contribution is 2.40. The van der Waals surface area contributed by atoms with Crippen LogP contribution in [0.2, 0.25) is 5.02 Å². The molecule has 2 aliphatic heterocycles. The SMILES string of the molecule is Clc1ccccc1C1=NCc2nnc(CC3CCCCC3)n2-c2sc3c(c21)CCNC3. The van der Waals surface area contributed by atoms with Crippen LogP contribution in [0.5, 0.6) is 0 Å². The first-order valence-electron chi connectivity index (χ1n) is 11.4. The molecule has 0 unspecified atom stereocenters. The second-order valence-corrected chi connectivity index (χ2v) is 10.3. The van der Waals surface area contributed by atoms with Gasteiger partial charge in [0.2, 0.25) is 0 Å². The Labute approximate surface area is 191 Å². The van der Waals surface area contributed by atoms with Crippen molar-refractivity contribution >= 4 is 28.6 Å². The fourth-order valence-electron chi connectivity index (χ4n) is 5.30. The Morgan fingerprint density at radius 2 is 2.00 bits per heavy atom. The van der Waals surface area contributed by atoms with Crippen molar-refractivity contribution in [3.05, 3.63) is 62.5 Å². The molecular formula is C24H26ClN5S. The molecule has 1 aromatic carbocycles. The summed E-state index contributed by atoms with van der Waals surface area (Å²) in [5, 5.41) is 14.8. The first-order chi connectivity index (χ1) is 15.3. The highest BCUT2D eigenvalue weighted by molar-refractivity contribution is 7.15. The number of hydrogen-bond donors (Lipinski definition) is 1. The van der Waals surface area contributed by atoms with Gasteiger partial charge in [-0.05, 0) is 30.5 Å². The fraction of sp³-hybridized carbons (Fsp3) is 0.458. The van der Waals surface area contributed by atoms with Crippen molar-refractivity contribution in [2.24, 2.45) is 10.9 Å². The van der Waals surface area contributed by atoms with Crippen LogP contribution in [0.15, 0.2) is 29.3 Å². The number of nitrogens with one attached hydrogen (secondary N) is 1. The van der Waals surface area contributed by atoms with Crippen LogP contribution in [0.1, 0.15) is 65.3 Å². The minimum atomic E-state index is 0.534. The first kappa shape index (κ1) is 19.6. The van der Waals surface area contributed by atoms with E-state index in [-0.39, 0.29) is 0 Å². The number of rotatable bonds is 3. The van der Waals surface area contributed by atoms with Crippen molar-refractivity contribution in [3.63, 3.8) is 0 Å². The van der Waals surface area contributed by atoms with Gasteiger partial charge in [0.25, 0.3) is 0 Å². The standard InChI is InChI=1S/C24H26ClN5S/c25-18-9-5-4-8-16(18)23-22-17-10-11-26-13-19(17)31-24(22)30-20(28-29-21(30)14-27-23)12-15-6-2-1-3-7-15/h4-5,8-9,15,26H,1-3,6-7,10-14H2. The molecule has 4 heterocycles. The summed E-state index contributed by atoms with van der Waals surface area (Å²) in [4.78, 5) is 6.48. The van der Waals surface area contributed by atoms with Crippen molar-refractivity contribution in [1.82, 2.24) is 20.1 Å². The Bertz CT molecular complexity index is 1150. The second-order valence-electron chi connectivity index (χ2n) is 8.83. The van der Waals surface area contributed by atoms with E-state index in [2.05, 4.69) is 26.1 Å². The summed E-state index contributed by atoms with van der Waals surface area (Å²) >= 11 is 8.52. The molecule has 0 atom stereocenters. The van der Waals surface area contributed by atoms with Gasteiger partial charge in [-0.1, -0.05) is 61.9 Å². The number of aromatic nitrogens is 3. The molecule has 0 saturated heterocycles. The van der Waals surface area contributed by atoms with Crippen molar-refractivity contribution in [2.75, 3.05) is 6.54 Å². The summed E-state index contributed by atoms with van der Waals surface area (Å²) in [7, 11) is 0. The summed E-state index contributed by atoms with van der Waals surface area (Å²) in [5.74, 6) is 2.76. The lowest BCUT2D eigenvalue weighted by Gasteiger charge is -2.21. The lowest BCUT2D eigenvalue weighted by atomic mass is 9.87. The molecule has 1 fully saturated rings. The molecule has 0 spiro atoms. The van der Waals surface area contributed by atoms with E-state index < -0.39 is 0 Å². The smallest absolute Gasteiger partial charge is 0.160 e. The van der Waals surface area contributed by atoms with Crippen LogP contribution in [0.25, 0.3) is 5.00 Å². The minimum absolute atomic E-state index is 0.534. The fourth-order valence-corrected chi connectivity index (χ4v) is 6.88. The zero-order valence-electron chi connectivity index (χ0n) is 17.5. The van der Waals surface area contributed by atoms with E-state index in [1.165, 1.54) is 53.1 Å². The Hall–Kier alpha value is -2.02. The van der Waals surface area contributed by atoms with E-state index in [9.17, 15) is 0 Å². The van der Waals surface area contributed by atoms with E-state index in [1.807, 2.05) is 29.5 Å². The molecule has 1 aliphatic carbocycles. The summed E-state index contributed by atoms with van der Waals surface area (Å²) < 4.78 is 2.33. The normalized spacial score (nSPS) is 18.7. The van der Waals surface area contributed by atoms with Crippen molar-refractivity contribution in [3.8, 4) is 5.00 Å². The van der Waals surface area contributed by atoms with Crippen molar-refractivity contribution in [2.45, 2.75) is 58.0 Å². The highest BCUT2D eigenvalue weighted by atomic mass is 35.5. The van der Waals surface area contributed by atoms with Crippen LogP contribution in [0, 0.1) is 5.92 Å². The zero-order valence-corrected chi connectivity index (χ0v) is 19.1. The third-order valence-corrected chi connectivity index (χ3v) is 8.40. The van der Waals surface area contributed by atoms with Crippen molar-refractivity contribution in [1.29, 1.82) is 0 Å². The molecule has 160 valence electrons. The predicted octanol–water partition coefficient (Wildman–Crippen LogP) is 5.10. The molecule has 2 aromatic heterocycles. The largest absolute Gasteiger partial charge is 0.312 e. The van der Waals surface area contributed by atoms with Crippen LogP contribution in [0.4, 0.5) is 0 Å². The van der Waals surface area contributed by atoms with E-state index in [0.29, 0.717) is 12.5 Å².